The first-order valence-electron chi connectivity index (χ1n) is 4.98. The van der Waals surface area contributed by atoms with Crippen LogP contribution in [0.3, 0.4) is 0 Å². The first kappa shape index (κ1) is 10.0. The predicted molar refractivity (Wildman–Crippen MR) is 53.4 cm³/mol. The molecule has 0 aromatic carbocycles. The molecule has 12 heavy (non-hydrogen) atoms. The van der Waals surface area contributed by atoms with Crippen LogP contribution in [0.2, 0.25) is 0 Å². The Morgan fingerprint density at radius 2 is 2.00 bits per heavy atom. The van der Waals surface area contributed by atoms with Gasteiger partial charge < -0.3 is 5.32 Å². The monoisotopic (exact) mass is 170 g/mol. The van der Waals surface area contributed by atoms with Gasteiger partial charge in [-0.2, -0.15) is 0 Å². The summed E-state index contributed by atoms with van der Waals surface area (Å²) in [4.78, 5) is 2.57. The Kier molecular flexibility index (Phi) is 3.13. The second-order valence-electron chi connectivity index (χ2n) is 4.83. The van der Waals surface area contributed by atoms with Crippen LogP contribution >= 0.6 is 0 Å². The molecule has 0 aromatic rings. The summed E-state index contributed by atoms with van der Waals surface area (Å²) in [7, 11) is 0. The third kappa shape index (κ3) is 2.76. The Balaban J connectivity index is 2.52. The molecule has 1 N–H and O–H groups in total. The van der Waals surface area contributed by atoms with Crippen molar-refractivity contribution in [3.8, 4) is 0 Å². The molecule has 1 aliphatic heterocycles. The van der Waals surface area contributed by atoms with Crippen LogP contribution in [0.1, 0.15) is 34.1 Å². The fraction of sp³-hybridized carbons (Fsp3) is 1.00. The van der Waals surface area contributed by atoms with Gasteiger partial charge in [-0.25, -0.2) is 0 Å². The molecule has 0 amide bonds. The minimum Gasteiger partial charge on any atom is -0.313 e. The molecule has 0 radical (unpaired) electrons. The number of hydrogen-bond donors (Lipinski definition) is 1. The summed E-state index contributed by atoms with van der Waals surface area (Å²) >= 11 is 0. The molecule has 0 spiro atoms. The third-order valence-electron chi connectivity index (χ3n) is 2.54. The molecule has 1 heterocycles. The summed E-state index contributed by atoms with van der Waals surface area (Å²) in [6.45, 7) is 12.8. The maximum Gasteiger partial charge on any atom is 0.0166 e. The summed E-state index contributed by atoms with van der Waals surface area (Å²) in [5.74, 6) is 0. The zero-order chi connectivity index (χ0) is 9.19. The summed E-state index contributed by atoms with van der Waals surface area (Å²) < 4.78 is 0. The zero-order valence-corrected chi connectivity index (χ0v) is 8.85. The maximum absolute atomic E-state index is 3.50. The van der Waals surface area contributed by atoms with Crippen molar-refractivity contribution in [2.45, 2.75) is 45.7 Å². The van der Waals surface area contributed by atoms with Crippen LogP contribution in [0.5, 0.6) is 0 Å². The topological polar surface area (TPSA) is 15.3 Å². The van der Waals surface area contributed by atoms with Crippen LogP contribution in [-0.4, -0.2) is 36.1 Å². The van der Waals surface area contributed by atoms with Crippen molar-refractivity contribution in [1.82, 2.24) is 10.2 Å². The van der Waals surface area contributed by atoms with E-state index >= 15 is 0 Å². The molecule has 1 aliphatic rings. The van der Waals surface area contributed by atoms with E-state index < -0.39 is 0 Å². The zero-order valence-electron chi connectivity index (χ0n) is 8.85. The van der Waals surface area contributed by atoms with Gasteiger partial charge in [-0.1, -0.05) is 0 Å². The maximum atomic E-state index is 3.50. The molecule has 0 unspecified atom stereocenters. The second kappa shape index (κ2) is 3.75. The molecule has 72 valence electrons. The highest BCUT2D eigenvalue weighted by molar-refractivity contribution is 4.82. The van der Waals surface area contributed by atoms with E-state index in [0.29, 0.717) is 11.6 Å². The lowest BCUT2D eigenvalue weighted by molar-refractivity contribution is 0.136. The van der Waals surface area contributed by atoms with Crippen LogP contribution in [0.4, 0.5) is 0 Å². The summed E-state index contributed by atoms with van der Waals surface area (Å²) in [5, 5.41) is 3.50. The van der Waals surface area contributed by atoms with Crippen LogP contribution in [-0.2, 0) is 0 Å². The molecule has 2 heteroatoms. The Morgan fingerprint density at radius 1 is 1.33 bits per heavy atom. The van der Waals surface area contributed by atoms with E-state index in [0.717, 1.165) is 0 Å². The quantitative estimate of drug-likeness (QED) is 0.592. The van der Waals surface area contributed by atoms with Gasteiger partial charge in [0, 0.05) is 18.1 Å². The van der Waals surface area contributed by atoms with E-state index in [1.54, 1.807) is 0 Å². The highest BCUT2D eigenvalue weighted by atomic mass is 15.2. The molecule has 0 bridgehead atoms. The standard InChI is InChI=1S/C10H22N2/c1-9-8-12(10(2,3)4)7-5-6-11-9/h9,11H,5-8H2,1-4H3/t9-/m1/s1. The average Bonchev–Trinajstić information content (AvgIpc) is 2.11. The first-order valence-corrected chi connectivity index (χ1v) is 4.98. The number of nitrogens with zero attached hydrogens (tertiary/aromatic N) is 1. The van der Waals surface area contributed by atoms with Crippen molar-refractivity contribution in [3.63, 3.8) is 0 Å². The van der Waals surface area contributed by atoms with E-state index in [1.165, 1.54) is 26.1 Å². The Morgan fingerprint density at radius 3 is 2.58 bits per heavy atom. The molecule has 0 aromatic heterocycles. The summed E-state index contributed by atoms with van der Waals surface area (Å²) in [6.07, 6.45) is 1.28. The molecule has 1 saturated heterocycles. The van der Waals surface area contributed by atoms with Crippen molar-refractivity contribution in [2.75, 3.05) is 19.6 Å². The van der Waals surface area contributed by atoms with Gasteiger partial charge in [0.2, 0.25) is 0 Å². The van der Waals surface area contributed by atoms with E-state index in [-0.39, 0.29) is 0 Å². The van der Waals surface area contributed by atoms with Gasteiger partial charge in [0.1, 0.15) is 0 Å². The average molecular weight is 170 g/mol. The molecule has 0 saturated carbocycles. The number of nitrogens with one attached hydrogen (secondary N) is 1. The van der Waals surface area contributed by atoms with Crippen molar-refractivity contribution in [3.05, 3.63) is 0 Å². The minimum atomic E-state index is 0.334. The lowest BCUT2D eigenvalue weighted by Crippen LogP contribution is -2.45. The predicted octanol–water partition coefficient (Wildman–Crippen LogP) is 1.47. The fourth-order valence-electron chi connectivity index (χ4n) is 1.71. The molecular formula is C10H22N2. The van der Waals surface area contributed by atoms with Crippen LogP contribution < -0.4 is 5.32 Å². The van der Waals surface area contributed by atoms with Gasteiger partial charge in [-0.05, 0) is 47.2 Å². The van der Waals surface area contributed by atoms with Crippen molar-refractivity contribution < 1.29 is 0 Å². The highest BCUT2D eigenvalue weighted by Crippen LogP contribution is 2.15. The second-order valence-corrected chi connectivity index (χ2v) is 4.83. The molecule has 1 rings (SSSR count). The van der Waals surface area contributed by atoms with Crippen LogP contribution in [0.15, 0.2) is 0 Å². The summed E-state index contributed by atoms with van der Waals surface area (Å²) in [5.41, 5.74) is 0.334. The van der Waals surface area contributed by atoms with Crippen molar-refractivity contribution >= 4 is 0 Å². The largest absolute Gasteiger partial charge is 0.313 e. The van der Waals surface area contributed by atoms with E-state index in [9.17, 15) is 0 Å². The minimum absolute atomic E-state index is 0.334. The normalized spacial score (nSPS) is 28.5. The van der Waals surface area contributed by atoms with Gasteiger partial charge in [0.25, 0.3) is 0 Å². The lowest BCUT2D eigenvalue weighted by atomic mass is 10.1. The SMILES string of the molecule is C[C@@H]1CN(C(C)(C)C)CCCN1. The van der Waals surface area contributed by atoms with Crippen LogP contribution in [0, 0.1) is 0 Å². The van der Waals surface area contributed by atoms with Gasteiger partial charge in [0.15, 0.2) is 0 Å². The van der Waals surface area contributed by atoms with Gasteiger partial charge in [0.05, 0.1) is 0 Å². The number of hydrogen-bond acceptors (Lipinski definition) is 2. The fourth-order valence-corrected chi connectivity index (χ4v) is 1.71. The first-order chi connectivity index (χ1) is 5.50. The van der Waals surface area contributed by atoms with E-state index in [4.69, 9.17) is 0 Å². The molecule has 2 nitrogen and oxygen atoms in total. The third-order valence-corrected chi connectivity index (χ3v) is 2.54. The molecule has 0 aliphatic carbocycles. The Labute approximate surface area is 76.3 Å². The Bertz CT molecular complexity index is 137. The van der Waals surface area contributed by atoms with Gasteiger partial charge in [-0.3, -0.25) is 4.90 Å². The highest BCUT2D eigenvalue weighted by Gasteiger charge is 2.23. The van der Waals surface area contributed by atoms with E-state index in [2.05, 4.69) is 37.9 Å². The smallest absolute Gasteiger partial charge is 0.0166 e. The van der Waals surface area contributed by atoms with E-state index in [1.807, 2.05) is 0 Å². The molecule has 1 fully saturated rings. The van der Waals surface area contributed by atoms with Crippen molar-refractivity contribution in [1.29, 1.82) is 0 Å². The van der Waals surface area contributed by atoms with Crippen molar-refractivity contribution in [2.24, 2.45) is 0 Å². The van der Waals surface area contributed by atoms with Gasteiger partial charge >= 0.3 is 0 Å². The molecular weight excluding hydrogens is 148 g/mol. The lowest BCUT2D eigenvalue weighted by Gasteiger charge is -2.35. The number of rotatable bonds is 0. The Hall–Kier alpha value is -0.0800. The van der Waals surface area contributed by atoms with Gasteiger partial charge in [-0.15, -0.1) is 0 Å². The van der Waals surface area contributed by atoms with Crippen LogP contribution in [0.25, 0.3) is 0 Å². The summed E-state index contributed by atoms with van der Waals surface area (Å²) in [6, 6.07) is 0.645. The molecule has 1 atom stereocenters.